The maximum atomic E-state index is 12.5. The lowest BCUT2D eigenvalue weighted by molar-refractivity contribution is -0.116. The number of hydrogen-bond acceptors (Lipinski definition) is 4. The van der Waals surface area contributed by atoms with Crippen molar-refractivity contribution in [2.45, 2.75) is 20.3 Å². The van der Waals surface area contributed by atoms with Crippen molar-refractivity contribution in [1.29, 1.82) is 0 Å². The zero-order chi connectivity index (χ0) is 19.1. The van der Waals surface area contributed by atoms with Gasteiger partial charge in [0, 0.05) is 12.1 Å². The van der Waals surface area contributed by atoms with Crippen LogP contribution in [0.25, 0.3) is 0 Å². The average molecular weight is 393 g/mol. The molecule has 1 aliphatic heterocycles. The van der Waals surface area contributed by atoms with Crippen LogP contribution in [0.3, 0.4) is 0 Å². The van der Waals surface area contributed by atoms with Gasteiger partial charge in [0.15, 0.2) is 0 Å². The Morgan fingerprint density at radius 1 is 1.15 bits per heavy atom. The van der Waals surface area contributed by atoms with E-state index in [0.29, 0.717) is 5.69 Å². The summed E-state index contributed by atoms with van der Waals surface area (Å²) in [6.07, 6.45) is -0.0607. The molecule has 3 rings (SSSR count). The van der Waals surface area contributed by atoms with Gasteiger partial charge in [-0.1, -0.05) is 23.7 Å². The predicted molar refractivity (Wildman–Crippen MR) is 101 cm³/mol. The molecule has 0 spiro atoms. The summed E-state index contributed by atoms with van der Waals surface area (Å²) in [5, 5.41) is 2.87. The Bertz CT molecular complexity index is 1020. The number of benzene rings is 2. The van der Waals surface area contributed by atoms with Crippen molar-refractivity contribution in [1.82, 2.24) is 0 Å². The van der Waals surface area contributed by atoms with Crippen LogP contribution in [0, 0.1) is 13.8 Å². The minimum atomic E-state index is -3.67. The van der Waals surface area contributed by atoms with Crippen LogP contribution in [0.4, 0.5) is 11.4 Å². The van der Waals surface area contributed by atoms with Gasteiger partial charge in [0.05, 0.1) is 22.0 Å². The van der Waals surface area contributed by atoms with E-state index in [-0.39, 0.29) is 28.4 Å². The van der Waals surface area contributed by atoms with E-state index in [1.165, 1.54) is 18.2 Å². The van der Waals surface area contributed by atoms with Crippen LogP contribution in [0.2, 0.25) is 5.02 Å². The minimum Gasteiger partial charge on any atom is -0.322 e. The van der Waals surface area contributed by atoms with E-state index in [4.69, 9.17) is 11.6 Å². The summed E-state index contributed by atoms with van der Waals surface area (Å²) in [6.45, 7) is 3.80. The Morgan fingerprint density at radius 2 is 1.88 bits per heavy atom. The molecular formula is C18H17ClN2O4S. The van der Waals surface area contributed by atoms with Gasteiger partial charge in [0.25, 0.3) is 5.91 Å². The number of rotatable bonds is 3. The summed E-state index contributed by atoms with van der Waals surface area (Å²) < 4.78 is 24.7. The maximum Gasteiger partial charge on any atom is 0.257 e. The van der Waals surface area contributed by atoms with Gasteiger partial charge in [0.1, 0.15) is 0 Å². The van der Waals surface area contributed by atoms with E-state index in [0.717, 1.165) is 15.4 Å². The fraction of sp³-hybridized carbons (Fsp3) is 0.222. The summed E-state index contributed by atoms with van der Waals surface area (Å²) in [7, 11) is -3.67. The van der Waals surface area contributed by atoms with Crippen molar-refractivity contribution in [3.63, 3.8) is 0 Å². The molecule has 1 aliphatic rings. The van der Waals surface area contributed by atoms with Crippen molar-refractivity contribution in [3.05, 3.63) is 58.1 Å². The molecule has 8 heteroatoms. The Morgan fingerprint density at radius 3 is 2.50 bits per heavy atom. The monoisotopic (exact) mass is 392 g/mol. The zero-order valence-electron chi connectivity index (χ0n) is 14.2. The highest BCUT2D eigenvalue weighted by molar-refractivity contribution is 7.94. The second-order valence-electron chi connectivity index (χ2n) is 6.16. The molecule has 1 heterocycles. The second-order valence-corrected chi connectivity index (χ2v) is 8.51. The van der Waals surface area contributed by atoms with Crippen LogP contribution >= 0.6 is 11.6 Å². The summed E-state index contributed by atoms with van der Waals surface area (Å²) in [6, 6.07) is 9.84. The molecule has 1 fully saturated rings. The minimum absolute atomic E-state index is 0.0607. The number of sulfonamides is 1. The first kappa shape index (κ1) is 18.4. The molecule has 1 saturated heterocycles. The summed E-state index contributed by atoms with van der Waals surface area (Å²) >= 11 is 6.19. The first-order chi connectivity index (χ1) is 12.2. The lowest BCUT2D eigenvalue weighted by Crippen LogP contribution is -2.29. The average Bonchev–Trinajstić information content (AvgIpc) is 2.83. The first-order valence-corrected chi connectivity index (χ1v) is 9.92. The zero-order valence-corrected chi connectivity index (χ0v) is 15.8. The van der Waals surface area contributed by atoms with Crippen LogP contribution in [-0.2, 0) is 14.8 Å². The van der Waals surface area contributed by atoms with Crippen LogP contribution in [0.1, 0.15) is 27.9 Å². The molecule has 0 unspecified atom stereocenters. The molecule has 136 valence electrons. The summed E-state index contributed by atoms with van der Waals surface area (Å²) in [4.78, 5) is 24.4. The predicted octanol–water partition coefficient (Wildman–Crippen LogP) is 3.28. The highest BCUT2D eigenvalue weighted by Crippen LogP contribution is 2.30. The van der Waals surface area contributed by atoms with Crippen LogP contribution < -0.4 is 9.62 Å². The lowest BCUT2D eigenvalue weighted by atomic mass is 10.1. The number of amides is 2. The Labute approximate surface area is 156 Å². The van der Waals surface area contributed by atoms with Crippen LogP contribution in [0.15, 0.2) is 36.4 Å². The molecular weight excluding hydrogens is 376 g/mol. The maximum absolute atomic E-state index is 12.5. The van der Waals surface area contributed by atoms with Crippen molar-refractivity contribution in [3.8, 4) is 0 Å². The van der Waals surface area contributed by atoms with E-state index in [1.807, 2.05) is 32.0 Å². The van der Waals surface area contributed by atoms with Gasteiger partial charge in [-0.15, -0.1) is 0 Å². The number of carbonyl (C=O) groups excluding carboxylic acids is 2. The number of halogens is 1. The van der Waals surface area contributed by atoms with Gasteiger partial charge in [-0.25, -0.2) is 12.7 Å². The molecule has 0 aliphatic carbocycles. The van der Waals surface area contributed by atoms with E-state index >= 15 is 0 Å². The lowest BCUT2D eigenvalue weighted by Gasteiger charge is -2.16. The Hall–Kier alpha value is -2.38. The molecule has 0 saturated carbocycles. The number of aryl methyl sites for hydroxylation is 2. The van der Waals surface area contributed by atoms with E-state index < -0.39 is 21.8 Å². The molecule has 0 radical (unpaired) electrons. The standard InChI is InChI=1S/C18H17ClN2O4S/c1-11-3-4-12(2)16(9-11)20-18(23)14-6-5-13(10-15(14)19)21-17(22)7-8-26(21,24)25/h3-6,9-10H,7-8H2,1-2H3,(H,20,23). The van der Waals surface area contributed by atoms with E-state index in [9.17, 15) is 18.0 Å². The van der Waals surface area contributed by atoms with Crippen molar-refractivity contribution in [2.24, 2.45) is 0 Å². The molecule has 26 heavy (non-hydrogen) atoms. The summed E-state index contributed by atoms with van der Waals surface area (Å²) in [5.41, 5.74) is 2.92. The van der Waals surface area contributed by atoms with Crippen molar-refractivity contribution in [2.75, 3.05) is 15.4 Å². The highest BCUT2D eigenvalue weighted by Gasteiger charge is 2.36. The summed E-state index contributed by atoms with van der Waals surface area (Å²) in [5.74, 6) is -1.14. The van der Waals surface area contributed by atoms with Crippen LogP contribution in [-0.4, -0.2) is 26.0 Å². The number of hydrogen-bond donors (Lipinski definition) is 1. The molecule has 2 aromatic carbocycles. The number of nitrogens with zero attached hydrogens (tertiary/aromatic N) is 1. The fourth-order valence-electron chi connectivity index (χ4n) is 2.74. The topological polar surface area (TPSA) is 83.6 Å². The van der Waals surface area contributed by atoms with Gasteiger partial charge in [-0.3, -0.25) is 9.59 Å². The molecule has 6 nitrogen and oxygen atoms in total. The van der Waals surface area contributed by atoms with Crippen molar-refractivity contribution >= 4 is 44.8 Å². The van der Waals surface area contributed by atoms with E-state index in [2.05, 4.69) is 5.32 Å². The molecule has 0 atom stereocenters. The van der Waals surface area contributed by atoms with E-state index in [1.54, 1.807) is 0 Å². The van der Waals surface area contributed by atoms with Gasteiger partial charge in [-0.05, 0) is 49.2 Å². The second kappa shape index (κ2) is 6.74. The molecule has 0 aromatic heterocycles. The SMILES string of the molecule is Cc1ccc(C)c(NC(=O)c2ccc(N3C(=O)CCS3(=O)=O)cc2Cl)c1. The number of carbonyl (C=O) groups is 2. The number of nitrogens with one attached hydrogen (secondary N) is 1. The fourth-order valence-corrected chi connectivity index (χ4v) is 4.46. The molecule has 0 bridgehead atoms. The first-order valence-electron chi connectivity index (χ1n) is 7.93. The van der Waals surface area contributed by atoms with Gasteiger partial charge >= 0.3 is 0 Å². The third kappa shape index (κ3) is 3.45. The third-order valence-electron chi connectivity index (χ3n) is 4.15. The Balaban J connectivity index is 1.89. The van der Waals surface area contributed by atoms with Gasteiger partial charge in [-0.2, -0.15) is 0 Å². The Kier molecular flexibility index (Phi) is 4.77. The highest BCUT2D eigenvalue weighted by atomic mass is 35.5. The molecule has 2 aromatic rings. The van der Waals surface area contributed by atoms with Gasteiger partial charge in [0.2, 0.25) is 15.9 Å². The number of anilines is 2. The van der Waals surface area contributed by atoms with Gasteiger partial charge < -0.3 is 5.32 Å². The largest absolute Gasteiger partial charge is 0.322 e. The molecule has 1 N–H and O–H groups in total. The van der Waals surface area contributed by atoms with Crippen LogP contribution in [0.5, 0.6) is 0 Å². The third-order valence-corrected chi connectivity index (χ3v) is 6.16. The quantitative estimate of drug-likeness (QED) is 0.868. The normalized spacial score (nSPS) is 16.0. The smallest absolute Gasteiger partial charge is 0.257 e. The van der Waals surface area contributed by atoms with Crippen molar-refractivity contribution < 1.29 is 18.0 Å². The molecule has 2 amide bonds.